The van der Waals surface area contributed by atoms with Crippen molar-refractivity contribution in [2.75, 3.05) is 24.5 Å². The zero-order valence-electron chi connectivity index (χ0n) is 18.4. The van der Waals surface area contributed by atoms with Crippen molar-refractivity contribution in [3.8, 4) is 0 Å². The van der Waals surface area contributed by atoms with Crippen molar-refractivity contribution < 1.29 is 9.90 Å². The average molecular weight is 411 g/mol. The number of rotatable bonds is 3. The Kier molecular flexibility index (Phi) is 8.71. The van der Waals surface area contributed by atoms with Gasteiger partial charge in [0.25, 0.3) is 5.91 Å². The largest absolute Gasteiger partial charge is 0.383 e. The lowest BCUT2D eigenvalue weighted by atomic mass is 10.0. The third-order valence-electron chi connectivity index (χ3n) is 5.52. The number of nitrogens with zero attached hydrogens (tertiary/aromatic N) is 3. The maximum atomic E-state index is 12.4. The van der Waals surface area contributed by atoms with Gasteiger partial charge in [0, 0.05) is 43.0 Å². The molecule has 0 aliphatic carbocycles. The second kappa shape index (κ2) is 10.6. The standard InChI is InChI=1S/C17H26N4O2S.2C2H6/c1-10(2)15(22)16(23)20-6-5-13-14(9-20)24-17(19-13)21-11-3-4-12(21)8-18-7-11;2*1-2/h10-12,15,18,22H,3-9H2,1-2H3;2*1-2H3. The Bertz CT molecular complexity index is 618. The molecule has 2 bridgehead atoms. The van der Waals surface area contributed by atoms with E-state index in [0.717, 1.165) is 30.3 Å². The van der Waals surface area contributed by atoms with Gasteiger partial charge >= 0.3 is 0 Å². The summed E-state index contributed by atoms with van der Waals surface area (Å²) >= 11 is 1.74. The van der Waals surface area contributed by atoms with Gasteiger partial charge in [-0.3, -0.25) is 4.79 Å². The molecule has 2 fully saturated rings. The molecule has 0 saturated carbocycles. The van der Waals surface area contributed by atoms with Crippen LogP contribution < -0.4 is 10.2 Å². The summed E-state index contributed by atoms with van der Waals surface area (Å²) in [5.74, 6) is -0.194. The first kappa shape index (κ1) is 23.1. The van der Waals surface area contributed by atoms with E-state index in [1.807, 2.05) is 41.5 Å². The van der Waals surface area contributed by atoms with Gasteiger partial charge in [0.1, 0.15) is 6.10 Å². The smallest absolute Gasteiger partial charge is 0.252 e. The minimum atomic E-state index is -0.900. The number of hydrogen-bond acceptors (Lipinski definition) is 6. The van der Waals surface area contributed by atoms with E-state index in [4.69, 9.17) is 4.98 Å². The van der Waals surface area contributed by atoms with Gasteiger partial charge < -0.3 is 20.2 Å². The molecule has 1 aromatic rings. The highest BCUT2D eigenvalue weighted by Crippen LogP contribution is 2.38. The Hall–Kier alpha value is -1.18. The van der Waals surface area contributed by atoms with E-state index in [-0.39, 0.29) is 11.8 Å². The van der Waals surface area contributed by atoms with E-state index in [1.54, 1.807) is 16.2 Å². The maximum absolute atomic E-state index is 12.4. The molecule has 4 rings (SSSR count). The molecule has 2 N–H and O–H groups in total. The number of piperazine rings is 1. The van der Waals surface area contributed by atoms with Crippen LogP contribution in [0.15, 0.2) is 0 Å². The summed E-state index contributed by atoms with van der Waals surface area (Å²) in [6, 6.07) is 1.13. The van der Waals surface area contributed by atoms with Crippen LogP contribution >= 0.6 is 11.3 Å². The number of hydrogen-bond donors (Lipinski definition) is 2. The van der Waals surface area contributed by atoms with Gasteiger partial charge in [-0.25, -0.2) is 4.98 Å². The fourth-order valence-corrected chi connectivity index (χ4v) is 5.31. The van der Waals surface area contributed by atoms with Gasteiger partial charge in [0.05, 0.1) is 12.2 Å². The van der Waals surface area contributed by atoms with E-state index >= 15 is 0 Å². The van der Waals surface area contributed by atoms with Crippen molar-refractivity contribution in [1.29, 1.82) is 0 Å². The molecule has 3 aliphatic rings. The first-order valence-corrected chi connectivity index (χ1v) is 11.8. The summed E-state index contributed by atoms with van der Waals surface area (Å²) in [5.41, 5.74) is 1.15. The molecule has 4 heterocycles. The predicted octanol–water partition coefficient (Wildman–Crippen LogP) is 3.04. The quantitative estimate of drug-likeness (QED) is 0.802. The number of aliphatic hydroxyl groups excluding tert-OH is 1. The van der Waals surface area contributed by atoms with Crippen LogP contribution in [0, 0.1) is 5.92 Å². The lowest BCUT2D eigenvalue weighted by Gasteiger charge is -2.35. The normalized spacial score (nSPS) is 24.0. The van der Waals surface area contributed by atoms with Gasteiger partial charge in [-0.15, -0.1) is 0 Å². The van der Waals surface area contributed by atoms with Crippen molar-refractivity contribution in [3.05, 3.63) is 10.6 Å². The molecule has 3 atom stereocenters. The molecular weight excluding hydrogens is 372 g/mol. The lowest BCUT2D eigenvalue weighted by molar-refractivity contribution is -0.143. The molecule has 28 heavy (non-hydrogen) atoms. The summed E-state index contributed by atoms with van der Waals surface area (Å²) in [6.07, 6.45) is 2.38. The van der Waals surface area contributed by atoms with Crippen LogP contribution in [-0.4, -0.2) is 58.7 Å². The lowest BCUT2D eigenvalue weighted by Crippen LogP contribution is -2.51. The molecule has 7 heteroatoms. The van der Waals surface area contributed by atoms with E-state index in [1.165, 1.54) is 17.7 Å². The van der Waals surface area contributed by atoms with Gasteiger partial charge in [-0.2, -0.15) is 0 Å². The number of aromatic nitrogens is 1. The maximum Gasteiger partial charge on any atom is 0.252 e. The molecule has 2 saturated heterocycles. The number of aliphatic hydroxyl groups is 1. The average Bonchev–Trinajstić information content (AvgIpc) is 3.26. The van der Waals surface area contributed by atoms with Crippen LogP contribution in [0.4, 0.5) is 5.13 Å². The van der Waals surface area contributed by atoms with Crippen LogP contribution in [0.3, 0.4) is 0 Å². The first-order valence-electron chi connectivity index (χ1n) is 11.0. The minimum Gasteiger partial charge on any atom is -0.383 e. The first-order chi connectivity index (χ1) is 13.5. The van der Waals surface area contributed by atoms with E-state index < -0.39 is 6.10 Å². The summed E-state index contributed by atoms with van der Waals surface area (Å²) in [6.45, 7) is 15.1. The number of anilines is 1. The van der Waals surface area contributed by atoms with Gasteiger partial charge in [0.15, 0.2) is 5.13 Å². The molecular formula is C21H38N4O2S. The molecule has 1 amide bonds. The molecule has 0 aromatic carbocycles. The topological polar surface area (TPSA) is 68.7 Å². The highest BCUT2D eigenvalue weighted by atomic mass is 32.1. The predicted molar refractivity (Wildman–Crippen MR) is 117 cm³/mol. The highest BCUT2D eigenvalue weighted by Gasteiger charge is 2.39. The molecule has 3 aliphatic heterocycles. The monoisotopic (exact) mass is 410 g/mol. The molecule has 160 valence electrons. The van der Waals surface area contributed by atoms with Gasteiger partial charge in [-0.05, 0) is 18.8 Å². The van der Waals surface area contributed by atoms with E-state index in [2.05, 4.69) is 10.2 Å². The number of carbonyl (C=O) groups excluding carboxylic acids is 1. The number of carbonyl (C=O) groups is 1. The number of amides is 1. The van der Waals surface area contributed by atoms with Crippen LogP contribution in [-0.2, 0) is 17.8 Å². The number of nitrogens with one attached hydrogen (secondary N) is 1. The van der Waals surface area contributed by atoms with Gasteiger partial charge in [-0.1, -0.05) is 52.9 Å². The van der Waals surface area contributed by atoms with Crippen LogP contribution in [0.5, 0.6) is 0 Å². The van der Waals surface area contributed by atoms with Crippen molar-refractivity contribution in [2.45, 2.75) is 85.5 Å². The van der Waals surface area contributed by atoms with Crippen molar-refractivity contribution in [3.63, 3.8) is 0 Å². The Morgan fingerprint density at radius 2 is 1.79 bits per heavy atom. The molecule has 0 radical (unpaired) electrons. The Morgan fingerprint density at radius 3 is 2.36 bits per heavy atom. The Balaban J connectivity index is 0.000000660. The summed E-state index contributed by atoms with van der Waals surface area (Å²) in [7, 11) is 0. The zero-order chi connectivity index (χ0) is 20.8. The van der Waals surface area contributed by atoms with E-state index in [9.17, 15) is 9.90 Å². The van der Waals surface area contributed by atoms with E-state index in [0.29, 0.717) is 25.2 Å². The highest BCUT2D eigenvalue weighted by molar-refractivity contribution is 7.15. The third-order valence-corrected chi connectivity index (χ3v) is 6.61. The number of fused-ring (bicyclic) bond motifs is 3. The Labute approximate surface area is 174 Å². The van der Waals surface area contributed by atoms with Crippen LogP contribution in [0.2, 0.25) is 0 Å². The molecule has 3 unspecified atom stereocenters. The SMILES string of the molecule is CC.CC.CC(C)C(O)C(=O)N1CCc2nc(N3C4CCC3CNC4)sc2C1. The minimum absolute atomic E-state index is 0.0487. The summed E-state index contributed by atoms with van der Waals surface area (Å²) < 4.78 is 0. The Morgan fingerprint density at radius 1 is 1.18 bits per heavy atom. The summed E-state index contributed by atoms with van der Waals surface area (Å²) in [4.78, 5) is 22.8. The van der Waals surface area contributed by atoms with Crippen molar-refractivity contribution >= 4 is 22.4 Å². The second-order valence-corrected chi connectivity index (χ2v) is 8.58. The molecule has 1 aromatic heterocycles. The van der Waals surface area contributed by atoms with Crippen molar-refractivity contribution in [1.82, 2.24) is 15.2 Å². The summed E-state index contributed by atoms with van der Waals surface area (Å²) in [5, 5.41) is 14.7. The fraction of sp³-hybridized carbons (Fsp3) is 0.810. The third kappa shape index (κ3) is 4.69. The number of thiazole rings is 1. The zero-order valence-corrected chi connectivity index (χ0v) is 19.2. The fourth-order valence-electron chi connectivity index (χ4n) is 4.04. The van der Waals surface area contributed by atoms with Gasteiger partial charge in [0.2, 0.25) is 0 Å². The van der Waals surface area contributed by atoms with Crippen molar-refractivity contribution in [2.24, 2.45) is 5.92 Å². The molecule has 6 nitrogen and oxygen atoms in total. The van der Waals surface area contributed by atoms with Crippen LogP contribution in [0.1, 0.15) is 65.0 Å². The second-order valence-electron chi connectivity index (χ2n) is 7.52. The van der Waals surface area contributed by atoms with Crippen LogP contribution in [0.25, 0.3) is 0 Å². The molecule has 0 spiro atoms.